The van der Waals surface area contributed by atoms with E-state index in [1.165, 1.54) is 6.20 Å². The van der Waals surface area contributed by atoms with Crippen molar-refractivity contribution < 1.29 is 13.2 Å². The van der Waals surface area contributed by atoms with Crippen LogP contribution in [0, 0.1) is 0 Å². The van der Waals surface area contributed by atoms with Gasteiger partial charge in [-0.3, -0.25) is 4.98 Å². The summed E-state index contributed by atoms with van der Waals surface area (Å²) in [4.78, 5) is 3.82. The lowest BCUT2D eigenvalue weighted by Crippen LogP contribution is -2.22. The molecule has 7 heteroatoms. The van der Waals surface area contributed by atoms with Crippen molar-refractivity contribution in [2.24, 2.45) is 0 Å². The second kappa shape index (κ2) is 6.34. The van der Waals surface area contributed by atoms with Crippen LogP contribution in [0.5, 0.6) is 0 Å². The van der Waals surface area contributed by atoms with Crippen molar-refractivity contribution in [1.29, 1.82) is 0 Å². The molecule has 2 aromatic rings. The molecule has 0 saturated heterocycles. The summed E-state index contributed by atoms with van der Waals surface area (Å²) in [5.41, 5.74) is 0.0249. The van der Waals surface area contributed by atoms with Crippen LogP contribution in [0.15, 0.2) is 41.1 Å². The monoisotopic (exact) mass is 378 g/mol. The van der Waals surface area contributed by atoms with E-state index in [0.717, 1.165) is 12.3 Å². The first-order valence-corrected chi connectivity index (χ1v) is 7.15. The number of hydrogen-bond acceptors (Lipinski definition) is 2. The summed E-state index contributed by atoms with van der Waals surface area (Å²) < 4.78 is 40.0. The van der Waals surface area contributed by atoms with Crippen LogP contribution in [0.2, 0.25) is 5.02 Å². The number of nitrogens with one attached hydrogen (secondary N) is 1. The summed E-state index contributed by atoms with van der Waals surface area (Å²) in [6.45, 7) is 0. The molecule has 2 rings (SSSR count). The topological polar surface area (TPSA) is 24.9 Å². The van der Waals surface area contributed by atoms with E-state index < -0.39 is 17.8 Å². The molecule has 1 aromatic heterocycles. The third-order valence-corrected chi connectivity index (χ3v) is 4.25. The van der Waals surface area contributed by atoms with Gasteiger partial charge >= 0.3 is 6.18 Å². The van der Waals surface area contributed by atoms with Crippen molar-refractivity contribution >= 4 is 27.5 Å². The summed E-state index contributed by atoms with van der Waals surface area (Å²) in [5, 5.41) is 3.39. The summed E-state index contributed by atoms with van der Waals surface area (Å²) in [6.07, 6.45) is -2.07. The molecule has 0 saturated carbocycles. The van der Waals surface area contributed by atoms with Crippen LogP contribution in [0.3, 0.4) is 0 Å². The summed E-state index contributed by atoms with van der Waals surface area (Å²) in [5.74, 6) is 0. The largest absolute Gasteiger partial charge is 0.416 e. The first kappa shape index (κ1) is 16.3. The molecule has 112 valence electrons. The van der Waals surface area contributed by atoms with E-state index in [1.54, 1.807) is 25.2 Å². The average molecular weight is 380 g/mol. The number of alkyl halides is 3. The number of pyridine rings is 1. The molecule has 0 fully saturated rings. The van der Waals surface area contributed by atoms with Gasteiger partial charge in [0.2, 0.25) is 0 Å². The van der Waals surface area contributed by atoms with Gasteiger partial charge in [-0.2, -0.15) is 13.2 Å². The number of halogens is 5. The molecule has 1 N–H and O–H groups in total. The maximum absolute atomic E-state index is 13.1. The molecule has 2 nitrogen and oxygen atoms in total. The van der Waals surface area contributed by atoms with Crippen molar-refractivity contribution in [1.82, 2.24) is 10.3 Å². The van der Waals surface area contributed by atoms with E-state index in [4.69, 9.17) is 11.6 Å². The Labute approximate surface area is 133 Å². The van der Waals surface area contributed by atoms with Gasteiger partial charge in [-0.25, -0.2) is 0 Å². The van der Waals surface area contributed by atoms with E-state index in [1.807, 2.05) is 0 Å². The maximum atomic E-state index is 13.1. The lowest BCUT2D eigenvalue weighted by Gasteiger charge is -2.21. The minimum absolute atomic E-state index is 0.0710. The molecule has 1 aromatic carbocycles. The molecule has 0 radical (unpaired) electrons. The van der Waals surface area contributed by atoms with Gasteiger partial charge in [-0.15, -0.1) is 0 Å². The fraction of sp³-hybridized carbons (Fsp3) is 0.214. The molecule has 1 atom stereocenters. The van der Waals surface area contributed by atoms with Crippen LogP contribution >= 0.6 is 27.5 Å². The molecular formula is C14H11BrClF3N2. The van der Waals surface area contributed by atoms with E-state index in [9.17, 15) is 13.2 Å². The molecule has 0 aliphatic rings. The quantitative estimate of drug-likeness (QED) is 0.826. The van der Waals surface area contributed by atoms with Gasteiger partial charge in [0.15, 0.2) is 0 Å². The zero-order valence-corrected chi connectivity index (χ0v) is 13.2. The van der Waals surface area contributed by atoms with Gasteiger partial charge < -0.3 is 5.32 Å². The minimum atomic E-state index is -4.43. The van der Waals surface area contributed by atoms with E-state index in [-0.39, 0.29) is 5.56 Å². The van der Waals surface area contributed by atoms with Crippen LogP contribution < -0.4 is 5.32 Å². The number of hydrogen-bond donors (Lipinski definition) is 1. The van der Waals surface area contributed by atoms with Gasteiger partial charge in [-0.05, 0) is 46.7 Å². The van der Waals surface area contributed by atoms with Gasteiger partial charge in [0.25, 0.3) is 0 Å². The number of aromatic nitrogens is 1. The second-order valence-electron chi connectivity index (χ2n) is 4.36. The minimum Gasteiger partial charge on any atom is -0.309 e. The summed E-state index contributed by atoms with van der Waals surface area (Å²) >= 11 is 9.20. The summed E-state index contributed by atoms with van der Waals surface area (Å²) in [7, 11) is 1.60. The molecule has 1 unspecified atom stereocenters. The Morgan fingerprint density at radius 2 is 2.00 bits per heavy atom. The van der Waals surface area contributed by atoms with Crippen molar-refractivity contribution in [3.05, 3.63) is 62.8 Å². The van der Waals surface area contributed by atoms with Gasteiger partial charge in [-0.1, -0.05) is 17.7 Å². The Bertz CT molecular complexity index is 646. The highest BCUT2D eigenvalue weighted by Gasteiger charge is 2.35. The first-order chi connectivity index (χ1) is 9.84. The zero-order valence-electron chi connectivity index (χ0n) is 10.9. The zero-order chi connectivity index (χ0) is 15.6. The van der Waals surface area contributed by atoms with E-state index in [0.29, 0.717) is 15.1 Å². The Hall–Kier alpha value is -1.11. The third kappa shape index (κ3) is 3.56. The molecule has 1 heterocycles. The van der Waals surface area contributed by atoms with Crippen molar-refractivity contribution in [3.63, 3.8) is 0 Å². The van der Waals surface area contributed by atoms with Gasteiger partial charge in [0.1, 0.15) is 0 Å². The van der Waals surface area contributed by atoms with Crippen LogP contribution in [0.1, 0.15) is 22.7 Å². The first-order valence-electron chi connectivity index (χ1n) is 5.98. The smallest absolute Gasteiger partial charge is 0.309 e. The molecular weight excluding hydrogens is 369 g/mol. The molecule has 0 aliphatic carbocycles. The van der Waals surface area contributed by atoms with Crippen LogP contribution in [-0.2, 0) is 6.18 Å². The highest BCUT2D eigenvalue weighted by Crippen LogP contribution is 2.37. The fourth-order valence-corrected chi connectivity index (χ4v) is 2.60. The van der Waals surface area contributed by atoms with Crippen molar-refractivity contribution in [3.8, 4) is 0 Å². The van der Waals surface area contributed by atoms with Crippen LogP contribution in [-0.4, -0.2) is 12.0 Å². The number of nitrogens with zero attached hydrogens (tertiary/aromatic N) is 1. The Morgan fingerprint density at radius 3 is 2.57 bits per heavy atom. The average Bonchev–Trinajstić information content (AvgIpc) is 2.43. The Kier molecular flexibility index (Phi) is 4.91. The van der Waals surface area contributed by atoms with Crippen LogP contribution in [0.4, 0.5) is 13.2 Å². The van der Waals surface area contributed by atoms with Crippen LogP contribution in [0.25, 0.3) is 0 Å². The number of rotatable bonds is 3. The second-order valence-corrected chi connectivity index (χ2v) is 5.62. The Morgan fingerprint density at radius 1 is 1.29 bits per heavy atom. The Balaban J connectivity index is 2.54. The third-order valence-electron chi connectivity index (χ3n) is 3.03. The van der Waals surface area contributed by atoms with E-state index >= 15 is 0 Å². The lowest BCUT2D eigenvalue weighted by molar-refractivity contribution is -0.138. The lowest BCUT2D eigenvalue weighted by atomic mass is 9.96. The fourth-order valence-electron chi connectivity index (χ4n) is 2.09. The van der Waals surface area contributed by atoms with E-state index in [2.05, 4.69) is 26.2 Å². The SMILES string of the molecule is CNC(c1ccc(Cl)c(Br)c1)c1cnccc1C(F)(F)F. The predicted octanol–water partition coefficient (Wildman–Crippen LogP) is 4.83. The molecule has 21 heavy (non-hydrogen) atoms. The molecule has 0 bridgehead atoms. The normalized spacial score (nSPS) is 13.2. The molecule has 0 aliphatic heterocycles. The van der Waals surface area contributed by atoms with Gasteiger partial charge in [0.05, 0.1) is 16.6 Å². The van der Waals surface area contributed by atoms with Crippen molar-refractivity contribution in [2.45, 2.75) is 12.2 Å². The molecule has 0 spiro atoms. The highest BCUT2D eigenvalue weighted by atomic mass is 79.9. The van der Waals surface area contributed by atoms with Crippen molar-refractivity contribution in [2.75, 3.05) is 7.05 Å². The standard InChI is InChI=1S/C14H11BrClF3N2/c1-20-13(8-2-3-12(16)11(15)6-8)9-7-21-5-4-10(9)14(17,18)19/h2-7,13,20H,1H3. The number of benzene rings is 1. The maximum Gasteiger partial charge on any atom is 0.416 e. The highest BCUT2D eigenvalue weighted by molar-refractivity contribution is 9.10. The summed E-state index contributed by atoms with van der Waals surface area (Å²) in [6, 6.07) is 5.35. The molecule has 0 amide bonds. The predicted molar refractivity (Wildman–Crippen MR) is 79.3 cm³/mol. The van der Waals surface area contributed by atoms with Gasteiger partial charge in [0, 0.05) is 22.4 Å².